The topological polar surface area (TPSA) is 52.1 Å². The van der Waals surface area contributed by atoms with Crippen LogP contribution in [0.5, 0.6) is 11.6 Å². The number of hydrogen-bond donors (Lipinski definition) is 0. The minimum absolute atomic E-state index is 0.0789. The first-order valence-electron chi connectivity index (χ1n) is 9.06. The van der Waals surface area contributed by atoms with Crippen LogP contribution in [0.2, 0.25) is 5.02 Å². The number of rotatable bonds is 5. The number of hydrogen-bond acceptors (Lipinski definition) is 4. The van der Waals surface area contributed by atoms with Gasteiger partial charge in [-0.3, -0.25) is 4.79 Å². The summed E-state index contributed by atoms with van der Waals surface area (Å²) in [5.41, 5.74) is 3.43. The molecule has 0 radical (unpaired) electrons. The molecule has 3 aromatic carbocycles. The van der Waals surface area contributed by atoms with Gasteiger partial charge in [0.1, 0.15) is 12.1 Å². The van der Waals surface area contributed by atoms with Crippen LogP contribution in [0.25, 0.3) is 17.0 Å². The van der Waals surface area contributed by atoms with Gasteiger partial charge in [0.15, 0.2) is 5.78 Å². The minimum atomic E-state index is -0.0789. The van der Waals surface area contributed by atoms with Crippen molar-refractivity contribution in [3.8, 4) is 11.6 Å². The Hall–Kier alpha value is -3.50. The number of nitrogens with zero attached hydrogens (tertiary/aromatic N) is 2. The average molecular weight is 401 g/mol. The van der Waals surface area contributed by atoms with Gasteiger partial charge in [-0.05, 0) is 67.1 Å². The lowest BCUT2D eigenvalue weighted by Gasteiger charge is -2.08. The molecule has 0 spiro atoms. The highest BCUT2D eigenvalue weighted by atomic mass is 35.5. The summed E-state index contributed by atoms with van der Waals surface area (Å²) >= 11 is 5.85. The Bertz CT molecular complexity index is 1200. The Morgan fingerprint density at radius 2 is 1.72 bits per heavy atom. The Balaban J connectivity index is 1.49. The molecule has 5 heteroatoms. The van der Waals surface area contributed by atoms with Crippen LogP contribution in [0.15, 0.2) is 79.1 Å². The molecule has 0 unspecified atom stereocenters. The number of aryl methyl sites for hydroxylation is 1. The Labute approximate surface area is 173 Å². The van der Waals surface area contributed by atoms with Crippen LogP contribution in [0, 0.1) is 6.92 Å². The lowest BCUT2D eigenvalue weighted by atomic mass is 10.1. The number of carbonyl (C=O) groups is 1. The second-order valence-corrected chi connectivity index (χ2v) is 7.01. The van der Waals surface area contributed by atoms with Gasteiger partial charge in [-0.15, -0.1) is 0 Å². The van der Waals surface area contributed by atoms with E-state index in [0.717, 1.165) is 22.0 Å². The summed E-state index contributed by atoms with van der Waals surface area (Å²) in [4.78, 5) is 20.8. The lowest BCUT2D eigenvalue weighted by Crippen LogP contribution is -1.93. The first-order chi connectivity index (χ1) is 14.1. The summed E-state index contributed by atoms with van der Waals surface area (Å²) in [6.07, 6.45) is 4.80. The molecule has 0 N–H and O–H groups in total. The Morgan fingerprint density at radius 1 is 0.966 bits per heavy atom. The highest BCUT2D eigenvalue weighted by Gasteiger charge is 2.07. The molecular formula is C24H17ClN2O2. The molecule has 4 nitrogen and oxygen atoms in total. The van der Waals surface area contributed by atoms with Gasteiger partial charge in [-0.25, -0.2) is 9.97 Å². The van der Waals surface area contributed by atoms with E-state index in [9.17, 15) is 4.79 Å². The summed E-state index contributed by atoms with van der Waals surface area (Å²) in [6.45, 7) is 2.02. The van der Waals surface area contributed by atoms with E-state index in [1.165, 1.54) is 6.33 Å². The van der Waals surface area contributed by atoms with Crippen molar-refractivity contribution in [2.24, 2.45) is 0 Å². The molecule has 142 valence electrons. The monoisotopic (exact) mass is 400 g/mol. The number of aromatic nitrogens is 2. The standard InChI is InChI=1S/C24H17ClN2O2/c1-16-2-12-22-21(14-16)24(27-15-26-22)29-20-10-3-17(4-11-20)5-13-23(28)18-6-8-19(25)9-7-18/h2-15H,1H3/b13-5+. The van der Waals surface area contributed by atoms with Crippen molar-refractivity contribution in [2.45, 2.75) is 6.92 Å². The van der Waals surface area contributed by atoms with E-state index in [-0.39, 0.29) is 5.78 Å². The molecule has 0 fully saturated rings. The molecule has 0 bridgehead atoms. The highest BCUT2D eigenvalue weighted by Crippen LogP contribution is 2.27. The molecular weight excluding hydrogens is 384 g/mol. The fourth-order valence-electron chi connectivity index (χ4n) is 2.87. The van der Waals surface area contributed by atoms with E-state index >= 15 is 0 Å². The first kappa shape index (κ1) is 18.8. The number of allylic oxidation sites excluding steroid dienone is 1. The number of fused-ring (bicyclic) bond motifs is 1. The van der Waals surface area contributed by atoms with Gasteiger partial charge in [-0.2, -0.15) is 0 Å². The number of ether oxygens (including phenoxy) is 1. The Kier molecular flexibility index (Phi) is 5.36. The molecule has 0 aliphatic heterocycles. The van der Waals surface area contributed by atoms with E-state index in [1.807, 2.05) is 49.4 Å². The van der Waals surface area contributed by atoms with Crippen molar-refractivity contribution >= 4 is 34.4 Å². The maximum Gasteiger partial charge on any atom is 0.230 e. The zero-order valence-corrected chi connectivity index (χ0v) is 16.4. The van der Waals surface area contributed by atoms with Crippen molar-refractivity contribution in [3.63, 3.8) is 0 Å². The molecule has 0 atom stereocenters. The fraction of sp³-hybridized carbons (Fsp3) is 0.0417. The molecule has 29 heavy (non-hydrogen) atoms. The van der Waals surface area contributed by atoms with Crippen LogP contribution in [0.1, 0.15) is 21.5 Å². The summed E-state index contributed by atoms with van der Waals surface area (Å²) in [7, 11) is 0. The predicted molar refractivity (Wildman–Crippen MR) is 116 cm³/mol. The van der Waals surface area contributed by atoms with Crippen molar-refractivity contribution in [1.82, 2.24) is 9.97 Å². The van der Waals surface area contributed by atoms with E-state index in [0.29, 0.717) is 22.2 Å². The lowest BCUT2D eigenvalue weighted by molar-refractivity contribution is 0.104. The van der Waals surface area contributed by atoms with Gasteiger partial charge in [-0.1, -0.05) is 41.4 Å². The third-order valence-electron chi connectivity index (χ3n) is 4.40. The third-order valence-corrected chi connectivity index (χ3v) is 4.66. The quantitative estimate of drug-likeness (QED) is 0.292. The maximum atomic E-state index is 12.2. The second kappa shape index (κ2) is 8.25. The third kappa shape index (κ3) is 4.50. The predicted octanol–water partition coefficient (Wildman–Crippen LogP) is 6.28. The number of ketones is 1. The second-order valence-electron chi connectivity index (χ2n) is 6.57. The van der Waals surface area contributed by atoms with Crippen LogP contribution >= 0.6 is 11.6 Å². The van der Waals surface area contributed by atoms with Crippen molar-refractivity contribution in [1.29, 1.82) is 0 Å². The van der Waals surface area contributed by atoms with Crippen molar-refractivity contribution < 1.29 is 9.53 Å². The van der Waals surface area contributed by atoms with E-state index < -0.39 is 0 Å². The van der Waals surface area contributed by atoms with Crippen molar-refractivity contribution in [2.75, 3.05) is 0 Å². The van der Waals surface area contributed by atoms with Gasteiger partial charge < -0.3 is 4.74 Å². The minimum Gasteiger partial charge on any atom is -0.438 e. The van der Waals surface area contributed by atoms with Gasteiger partial charge in [0.05, 0.1) is 10.9 Å². The normalized spacial score (nSPS) is 11.1. The number of benzene rings is 3. The summed E-state index contributed by atoms with van der Waals surface area (Å²) < 4.78 is 5.95. The maximum absolute atomic E-state index is 12.2. The van der Waals surface area contributed by atoms with E-state index in [1.54, 1.807) is 36.4 Å². The van der Waals surface area contributed by atoms with Crippen LogP contribution in [0.3, 0.4) is 0 Å². The highest BCUT2D eigenvalue weighted by molar-refractivity contribution is 6.30. The van der Waals surface area contributed by atoms with Crippen LogP contribution < -0.4 is 4.74 Å². The molecule has 0 aliphatic rings. The smallest absolute Gasteiger partial charge is 0.230 e. The Morgan fingerprint density at radius 3 is 2.48 bits per heavy atom. The van der Waals surface area contributed by atoms with E-state index in [4.69, 9.17) is 16.3 Å². The molecule has 4 rings (SSSR count). The number of carbonyl (C=O) groups excluding carboxylic acids is 1. The molecule has 1 aromatic heterocycles. The van der Waals surface area contributed by atoms with Crippen LogP contribution in [-0.2, 0) is 0 Å². The summed E-state index contributed by atoms with van der Waals surface area (Å²) in [6, 6.07) is 20.2. The molecule has 4 aromatic rings. The van der Waals surface area contributed by atoms with Crippen molar-refractivity contribution in [3.05, 3.63) is 101 Å². The molecule has 0 amide bonds. The molecule has 0 saturated heterocycles. The summed E-state index contributed by atoms with van der Waals surface area (Å²) in [5.74, 6) is 1.09. The SMILES string of the molecule is Cc1ccc2ncnc(Oc3ccc(/C=C/C(=O)c4ccc(Cl)cc4)cc3)c2c1. The van der Waals surface area contributed by atoms with Gasteiger partial charge in [0.2, 0.25) is 5.88 Å². The van der Waals surface area contributed by atoms with Crippen LogP contribution in [-0.4, -0.2) is 15.8 Å². The number of halogens is 1. The first-order valence-corrected chi connectivity index (χ1v) is 9.43. The largest absolute Gasteiger partial charge is 0.438 e. The van der Waals surface area contributed by atoms with Gasteiger partial charge in [0, 0.05) is 10.6 Å². The fourth-order valence-corrected chi connectivity index (χ4v) is 3.00. The summed E-state index contributed by atoms with van der Waals surface area (Å²) in [5, 5.41) is 1.47. The zero-order chi connectivity index (χ0) is 20.2. The van der Waals surface area contributed by atoms with Gasteiger partial charge in [0.25, 0.3) is 0 Å². The average Bonchev–Trinajstić information content (AvgIpc) is 2.74. The van der Waals surface area contributed by atoms with E-state index in [2.05, 4.69) is 9.97 Å². The molecule has 0 saturated carbocycles. The molecule has 1 heterocycles. The molecule has 0 aliphatic carbocycles. The zero-order valence-electron chi connectivity index (χ0n) is 15.7. The van der Waals surface area contributed by atoms with Crippen LogP contribution in [0.4, 0.5) is 0 Å². The van der Waals surface area contributed by atoms with Gasteiger partial charge >= 0.3 is 0 Å².